The first kappa shape index (κ1) is 11.1. The first-order valence-corrected chi connectivity index (χ1v) is 6.10. The molecule has 1 aliphatic rings. The fourth-order valence-electron chi connectivity index (χ4n) is 1.63. The zero-order valence-corrected chi connectivity index (χ0v) is 11.0. The lowest BCUT2D eigenvalue weighted by atomic mass is 9.96. The van der Waals surface area contributed by atoms with E-state index >= 15 is 0 Å². The highest BCUT2D eigenvalue weighted by Gasteiger charge is 2.47. The zero-order chi connectivity index (χ0) is 11.1. The molecule has 0 amide bonds. The molecule has 1 aliphatic heterocycles. The topological polar surface area (TPSA) is 26.3 Å². The number of alkyl halides is 1. The van der Waals surface area contributed by atoms with Gasteiger partial charge in [0.15, 0.2) is 4.32 Å². The van der Waals surface area contributed by atoms with Gasteiger partial charge in [0.1, 0.15) is 6.10 Å². The van der Waals surface area contributed by atoms with Crippen molar-refractivity contribution in [3.63, 3.8) is 0 Å². The van der Waals surface area contributed by atoms with Crippen LogP contribution < -0.4 is 0 Å². The molecule has 0 aliphatic carbocycles. The van der Waals surface area contributed by atoms with Crippen LogP contribution >= 0.6 is 31.9 Å². The maximum absolute atomic E-state index is 11.7. The van der Waals surface area contributed by atoms with Gasteiger partial charge in [-0.2, -0.15) is 0 Å². The van der Waals surface area contributed by atoms with Crippen molar-refractivity contribution >= 4 is 37.8 Å². The van der Waals surface area contributed by atoms with Crippen LogP contribution in [-0.4, -0.2) is 12.1 Å². The van der Waals surface area contributed by atoms with Gasteiger partial charge in [-0.25, -0.2) is 0 Å². The number of cyclic esters (lactones) is 1. The number of hydrogen-bond donors (Lipinski definition) is 0. The smallest absolute Gasteiger partial charge is 0.327 e. The Morgan fingerprint density at radius 2 is 2.00 bits per heavy atom. The number of halogens is 2. The van der Waals surface area contributed by atoms with Crippen LogP contribution in [-0.2, 0) is 13.9 Å². The Morgan fingerprint density at radius 3 is 2.47 bits per heavy atom. The highest BCUT2D eigenvalue weighted by Crippen LogP contribution is 2.43. The summed E-state index contributed by atoms with van der Waals surface area (Å²) in [5.41, 5.74) is 0.904. The molecule has 0 bridgehead atoms. The average Bonchev–Trinajstić information content (AvgIpc) is 2.42. The molecule has 2 rings (SSSR count). The normalized spacial score (nSPS) is 30.3. The minimum Gasteiger partial charge on any atom is -0.461 e. The number of ether oxygens (including phenoxy) is 1. The van der Waals surface area contributed by atoms with Gasteiger partial charge in [-0.05, 0) is 24.6 Å². The Bertz CT molecular complexity index is 388. The Morgan fingerprint density at radius 1 is 1.40 bits per heavy atom. The molecule has 1 fully saturated rings. The third-order valence-corrected chi connectivity index (χ3v) is 4.04. The second kappa shape index (κ2) is 3.91. The van der Waals surface area contributed by atoms with Crippen molar-refractivity contribution in [1.29, 1.82) is 0 Å². The van der Waals surface area contributed by atoms with E-state index in [-0.39, 0.29) is 12.1 Å². The van der Waals surface area contributed by atoms with Crippen LogP contribution in [0.4, 0.5) is 0 Å². The van der Waals surface area contributed by atoms with Gasteiger partial charge in [0, 0.05) is 10.9 Å². The third kappa shape index (κ3) is 1.97. The maximum atomic E-state index is 11.7. The monoisotopic (exact) mass is 331 g/mol. The summed E-state index contributed by atoms with van der Waals surface area (Å²) in [6.45, 7) is 3.74. The number of carbonyl (C=O) groups is 1. The van der Waals surface area contributed by atoms with Gasteiger partial charge in [-0.15, -0.1) is 0 Å². The number of hydrogen-bond acceptors (Lipinski definition) is 2. The molecular formula is C11H9Br2O2. The van der Waals surface area contributed by atoms with E-state index in [1.807, 2.05) is 24.3 Å². The van der Waals surface area contributed by atoms with Gasteiger partial charge in [-0.1, -0.05) is 44.0 Å². The van der Waals surface area contributed by atoms with Crippen LogP contribution in [0.15, 0.2) is 28.7 Å². The highest BCUT2D eigenvalue weighted by molar-refractivity contribution is 9.10. The fraction of sp³-hybridized carbons (Fsp3) is 0.273. The molecule has 0 saturated carbocycles. The van der Waals surface area contributed by atoms with E-state index in [2.05, 4.69) is 38.8 Å². The van der Waals surface area contributed by atoms with E-state index in [1.54, 1.807) is 0 Å². The van der Waals surface area contributed by atoms with Crippen molar-refractivity contribution in [3.8, 4) is 0 Å². The summed E-state index contributed by atoms with van der Waals surface area (Å²) in [6.07, 6.45) is 0.286. The van der Waals surface area contributed by atoms with Crippen LogP contribution in [0.25, 0.3) is 0 Å². The lowest BCUT2D eigenvalue weighted by molar-refractivity contribution is -0.141. The summed E-state index contributed by atoms with van der Waals surface area (Å²) in [4.78, 5) is 11.7. The predicted octanol–water partition coefficient (Wildman–Crippen LogP) is 3.19. The molecule has 0 N–H and O–H groups in total. The van der Waals surface area contributed by atoms with Crippen molar-refractivity contribution in [2.45, 2.75) is 16.8 Å². The molecule has 2 unspecified atom stereocenters. The first-order valence-electron chi connectivity index (χ1n) is 4.51. The molecule has 79 valence electrons. The predicted molar refractivity (Wildman–Crippen MR) is 64.6 cm³/mol. The maximum Gasteiger partial charge on any atom is 0.327 e. The zero-order valence-electron chi connectivity index (χ0n) is 7.87. The van der Waals surface area contributed by atoms with Crippen LogP contribution in [0, 0.1) is 6.92 Å². The van der Waals surface area contributed by atoms with Crippen LogP contribution in [0.2, 0.25) is 0 Å². The fourth-order valence-corrected chi connectivity index (χ4v) is 2.62. The van der Waals surface area contributed by atoms with Crippen LogP contribution in [0.1, 0.15) is 12.0 Å². The number of benzene rings is 1. The minimum atomic E-state index is -0.722. The summed E-state index contributed by atoms with van der Waals surface area (Å²) >= 11 is 6.81. The summed E-state index contributed by atoms with van der Waals surface area (Å²) in [6, 6.07) is 7.61. The quantitative estimate of drug-likeness (QED) is 0.583. The molecule has 15 heavy (non-hydrogen) atoms. The standard InChI is InChI=1S/C11H9Br2O2/c1-7-6-11(13,10(14)15-7)8-2-4-9(12)5-3-8/h2-5,7H,1,6H2. The summed E-state index contributed by atoms with van der Waals surface area (Å²) in [5.74, 6) is -0.259. The summed E-state index contributed by atoms with van der Waals surface area (Å²) in [5, 5.41) is 0. The van der Waals surface area contributed by atoms with Gasteiger partial charge in [-0.3, -0.25) is 4.79 Å². The number of carbonyl (C=O) groups excluding carboxylic acids is 1. The Hall–Kier alpha value is -0.350. The van der Waals surface area contributed by atoms with Crippen molar-refractivity contribution in [1.82, 2.24) is 0 Å². The number of esters is 1. The summed E-state index contributed by atoms with van der Waals surface area (Å²) in [7, 11) is 0. The molecule has 0 spiro atoms. The van der Waals surface area contributed by atoms with E-state index < -0.39 is 4.32 Å². The minimum absolute atomic E-state index is 0.259. The van der Waals surface area contributed by atoms with Gasteiger partial charge in [0.25, 0.3) is 0 Å². The average molecular weight is 333 g/mol. The molecule has 1 radical (unpaired) electrons. The van der Waals surface area contributed by atoms with Crippen LogP contribution in [0.5, 0.6) is 0 Å². The largest absolute Gasteiger partial charge is 0.461 e. The molecule has 4 heteroatoms. The summed E-state index contributed by atoms with van der Waals surface area (Å²) < 4.78 is 5.32. The highest BCUT2D eigenvalue weighted by atomic mass is 79.9. The first-order chi connectivity index (χ1) is 7.02. The van der Waals surface area contributed by atoms with Gasteiger partial charge < -0.3 is 4.74 Å². The molecule has 0 aromatic heterocycles. The molecule has 1 aromatic rings. The van der Waals surface area contributed by atoms with Crippen molar-refractivity contribution in [2.75, 3.05) is 0 Å². The lowest BCUT2D eigenvalue weighted by Crippen LogP contribution is -2.23. The molecule has 2 atom stereocenters. The van der Waals surface area contributed by atoms with Gasteiger partial charge in [0.05, 0.1) is 0 Å². The van der Waals surface area contributed by atoms with Gasteiger partial charge in [0.2, 0.25) is 0 Å². The second-order valence-corrected chi connectivity index (χ2v) is 5.81. The Labute approximate surface area is 105 Å². The number of rotatable bonds is 1. The van der Waals surface area contributed by atoms with E-state index in [1.165, 1.54) is 0 Å². The molecule has 1 aromatic carbocycles. The molecule has 1 heterocycles. The Balaban J connectivity index is 2.37. The van der Waals surface area contributed by atoms with E-state index in [0.717, 1.165) is 10.0 Å². The lowest BCUT2D eigenvalue weighted by Gasteiger charge is -2.17. The molecule has 2 nitrogen and oxygen atoms in total. The van der Waals surface area contributed by atoms with Gasteiger partial charge >= 0.3 is 5.97 Å². The van der Waals surface area contributed by atoms with Crippen molar-refractivity contribution in [3.05, 3.63) is 41.2 Å². The molecule has 1 saturated heterocycles. The van der Waals surface area contributed by atoms with Crippen LogP contribution in [0.3, 0.4) is 0 Å². The molecular weight excluding hydrogens is 324 g/mol. The van der Waals surface area contributed by atoms with Crippen molar-refractivity contribution in [2.24, 2.45) is 0 Å². The van der Waals surface area contributed by atoms with E-state index in [9.17, 15) is 4.79 Å². The van der Waals surface area contributed by atoms with Crippen molar-refractivity contribution < 1.29 is 9.53 Å². The Kier molecular flexibility index (Phi) is 2.90. The van der Waals surface area contributed by atoms with E-state index in [0.29, 0.717) is 6.42 Å². The third-order valence-electron chi connectivity index (χ3n) is 2.41. The van der Waals surface area contributed by atoms with E-state index in [4.69, 9.17) is 4.74 Å². The second-order valence-electron chi connectivity index (χ2n) is 3.54. The SMILES string of the molecule is [CH2]C1CC(Br)(c2ccc(Br)cc2)C(=O)O1.